The van der Waals surface area contributed by atoms with Crippen LogP contribution in [0.3, 0.4) is 0 Å². The first-order valence-corrected chi connectivity index (χ1v) is 9.48. The minimum Gasteiger partial charge on any atom is -0.466 e. The molecule has 0 spiro atoms. The van der Waals surface area contributed by atoms with Crippen molar-refractivity contribution in [3.63, 3.8) is 0 Å². The lowest BCUT2D eigenvalue weighted by molar-refractivity contribution is -0.149. The van der Waals surface area contributed by atoms with Crippen LogP contribution in [0.15, 0.2) is 27.7 Å². The fraction of sp³-hybridized carbons (Fsp3) is 0.556. The molecule has 0 aromatic heterocycles. The number of ether oxygens (including phenoxy) is 1. The van der Waals surface area contributed by atoms with Crippen molar-refractivity contribution < 1.29 is 13.9 Å². The van der Waals surface area contributed by atoms with Crippen LogP contribution >= 0.6 is 15.9 Å². The predicted molar refractivity (Wildman–Crippen MR) is 99.8 cm³/mol. The first-order valence-electron chi connectivity index (χ1n) is 8.69. The van der Waals surface area contributed by atoms with Crippen molar-refractivity contribution in [3.05, 3.63) is 34.1 Å². The average Bonchev–Trinajstić information content (AvgIpc) is 2.62. The number of aliphatic imine (C=N–C) groups is 1. The molecule has 1 aromatic carbocycles. The van der Waals surface area contributed by atoms with Gasteiger partial charge in [-0.05, 0) is 60.3 Å². The maximum atomic E-state index is 13.6. The van der Waals surface area contributed by atoms with Gasteiger partial charge in [0, 0.05) is 19.6 Å². The number of hydrogen-bond acceptors (Lipinski definition) is 3. The molecule has 1 saturated heterocycles. The van der Waals surface area contributed by atoms with Gasteiger partial charge in [-0.2, -0.15) is 0 Å². The zero-order valence-electron chi connectivity index (χ0n) is 14.7. The van der Waals surface area contributed by atoms with Crippen LogP contribution in [0, 0.1) is 11.7 Å². The Balaban J connectivity index is 1.98. The van der Waals surface area contributed by atoms with Gasteiger partial charge in [-0.1, -0.05) is 6.07 Å². The largest absolute Gasteiger partial charge is 0.466 e. The Morgan fingerprint density at radius 3 is 2.72 bits per heavy atom. The van der Waals surface area contributed by atoms with Gasteiger partial charge < -0.3 is 15.0 Å². The number of piperidine rings is 1. The van der Waals surface area contributed by atoms with Crippen LogP contribution in [0.4, 0.5) is 4.39 Å². The second-order valence-electron chi connectivity index (χ2n) is 5.93. The summed E-state index contributed by atoms with van der Waals surface area (Å²) in [5.74, 6) is 0.384. The standard InChI is InChI=1S/C18H25BrFN3O2/c1-3-21-18(22-12-13-5-6-15(19)16(20)11-13)23-9-7-14(8-10-23)17(24)25-4-2/h5-6,11,14H,3-4,7-10,12H2,1-2H3,(H,21,22). The fourth-order valence-corrected chi connectivity index (χ4v) is 3.06. The van der Waals surface area contributed by atoms with Crippen LogP contribution in [-0.4, -0.2) is 43.1 Å². The fourth-order valence-electron chi connectivity index (χ4n) is 2.82. The van der Waals surface area contributed by atoms with Crippen molar-refractivity contribution in [2.24, 2.45) is 10.9 Å². The summed E-state index contributed by atoms with van der Waals surface area (Å²) in [7, 11) is 0. The summed E-state index contributed by atoms with van der Waals surface area (Å²) in [5.41, 5.74) is 0.817. The van der Waals surface area contributed by atoms with Crippen LogP contribution in [-0.2, 0) is 16.1 Å². The molecule has 25 heavy (non-hydrogen) atoms. The Labute approximate surface area is 156 Å². The van der Waals surface area contributed by atoms with E-state index in [0.29, 0.717) is 17.6 Å². The number of likely N-dealkylation sites (tertiary alicyclic amines) is 1. The van der Waals surface area contributed by atoms with E-state index in [9.17, 15) is 9.18 Å². The molecule has 0 radical (unpaired) electrons. The molecule has 1 N–H and O–H groups in total. The molecule has 138 valence electrons. The van der Waals surface area contributed by atoms with Crippen molar-refractivity contribution in [1.82, 2.24) is 10.2 Å². The van der Waals surface area contributed by atoms with Crippen LogP contribution in [0.5, 0.6) is 0 Å². The number of esters is 1. The molecule has 1 fully saturated rings. The quantitative estimate of drug-likeness (QED) is 0.456. The Hall–Kier alpha value is -1.63. The van der Waals surface area contributed by atoms with Crippen LogP contribution < -0.4 is 5.32 Å². The van der Waals surface area contributed by atoms with Gasteiger partial charge in [0.2, 0.25) is 0 Å². The summed E-state index contributed by atoms with van der Waals surface area (Å²) in [4.78, 5) is 18.6. The van der Waals surface area contributed by atoms with E-state index < -0.39 is 0 Å². The Morgan fingerprint density at radius 2 is 2.12 bits per heavy atom. The molecular weight excluding hydrogens is 389 g/mol. The first kappa shape index (κ1) is 19.7. The van der Waals surface area contributed by atoms with Gasteiger partial charge in [-0.3, -0.25) is 4.79 Å². The van der Waals surface area contributed by atoms with E-state index in [4.69, 9.17) is 4.74 Å². The van der Waals surface area contributed by atoms with Crippen molar-refractivity contribution in [1.29, 1.82) is 0 Å². The summed E-state index contributed by atoms with van der Waals surface area (Å²) >= 11 is 3.16. The van der Waals surface area contributed by atoms with E-state index in [2.05, 4.69) is 31.1 Å². The lowest BCUT2D eigenvalue weighted by Crippen LogP contribution is -2.46. The zero-order valence-corrected chi connectivity index (χ0v) is 16.3. The Kier molecular flexibility index (Phi) is 7.68. The predicted octanol–water partition coefficient (Wildman–Crippen LogP) is 3.33. The monoisotopic (exact) mass is 413 g/mol. The molecule has 2 rings (SSSR count). The van der Waals surface area contributed by atoms with Gasteiger partial charge in [0.1, 0.15) is 5.82 Å². The number of halogens is 2. The number of carbonyl (C=O) groups is 1. The molecule has 0 saturated carbocycles. The number of nitrogens with zero attached hydrogens (tertiary/aromatic N) is 2. The number of hydrogen-bond donors (Lipinski definition) is 1. The lowest BCUT2D eigenvalue weighted by Gasteiger charge is -2.33. The highest BCUT2D eigenvalue weighted by atomic mass is 79.9. The maximum Gasteiger partial charge on any atom is 0.309 e. The van der Waals surface area contributed by atoms with E-state index >= 15 is 0 Å². The molecular formula is C18H25BrFN3O2. The second kappa shape index (κ2) is 9.75. The molecule has 0 aliphatic carbocycles. The average molecular weight is 414 g/mol. The smallest absolute Gasteiger partial charge is 0.309 e. The zero-order chi connectivity index (χ0) is 18.2. The van der Waals surface area contributed by atoms with Crippen molar-refractivity contribution in [2.75, 3.05) is 26.2 Å². The third-order valence-corrected chi connectivity index (χ3v) is 4.79. The number of nitrogens with one attached hydrogen (secondary N) is 1. The van der Waals surface area contributed by atoms with Gasteiger partial charge in [-0.15, -0.1) is 0 Å². The summed E-state index contributed by atoms with van der Waals surface area (Å²) in [6, 6.07) is 5.04. The van der Waals surface area contributed by atoms with Gasteiger partial charge in [0.05, 0.1) is 23.5 Å². The van der Waals surface area contributed by atoms with Crippen molar-refractivity contribution in [2.45, 2.75) is 33.2 Å². The molecule has 1 aliphatic rings. The molecule has 0 amide bonds. The minimum absolute atomic E-state index is 0.0281. The molecule has 0 atom stereocenters. The molecule has 7 heteroatoms. The number of guanidine groups is 1. The second-order valence-corrected chi connectivity index (χ2v) is 6.79. The lowest BCUT2D eigenvalue weighted by atomic mass is 9.97. The number of benzene rings is 1. The third kappa shape index (κ3) is 5.70. The van der Waals surface area contributed by atoms with Gasteiger partial charge in [0.25, 0.3) is 0 Å². The van der Waals surface area contributed by atoms with Crippen LogP contribution in [0.25, 0.3) is 0 Å². The maximum absolute atomic E-state index is 13.6. The number of rotatable bonds is 5. The Bertz CT molecular complexity index is 616. The highest BCUT2D eigenvalue weighted by molar-refractivity contribution is 9.10. The molecule has 1 aromatic rings. The first-order chi connectivity index (χ1) is 12.0. The molecule has 1 aliphatic heterocycles. The van der Waals surface area contributed by atoms with E-state index in [1.165, 1.54) is 6.07 Å². The molecule has 0 bridgehead atoms. The van der Waals surface area contributed by atoms with E-state index in [-0.39, 0.29) is 17.7 Å². The highest BCUT2D eigenvalue weighted by Gasteiger charge is 2.27. The van der Waals surface area contributed by atoms with Gasteiger partial charge >= 0.3 is 5.97 Å². The van der Waals surface area contributed by atoms with E-state index in [0.717, 1.165) is 44.0 Å². The summed E-state index contributed by atoms with van der Waals surface area (Å²) in [6.07, 6.45) is 1.52. The van der Waals surface area contributed by atoms with E-state index in [1.54, 1.807) is 6.07 Å². The van der Waals surface area contributed by atoms with Gasteiger partial charge in [-0.25, -0.2) is 9.38 Å². The van der Waals surface area contributed by atoms with Gasteiger partial charge in [0.15, 0.2) is 5.96 Å². The Morgan fingerprint density at radius 1 is 1.40 bits per heavy atom. The summed E-state index contributed by atoms with van der Waals surface area (Å²) in [6.45, 7) is 6.94. The highest BCUT2D eigenvalue weighted by Crippen LogP contribution is 2.20. The minimum atomic E-state index is -0.284. The summed E-state index contributed by atoms with van der Waals surface area (Å²) < 4.78 is 19.2. The van der Waals surface area contributed by atoms with E-state index in [1.807, 2.05) is 19.9 Å². The molecule has 0 unspecified atom stereocenters. The van der Waals surface area contributed by atoms with Crippen molar-refractivity contribution >= 4 is 27.9 Å². The number of carbonyl (C=O) groups excluding carboxylic acids is 1. The topological polar surface area (TPSA) is 53.9 Å². The molecule has 1 heterocycles. The normalized spacial score (nSPS) is 16.0. The summed E-state index contributed by atoms with van der Waals surface area (Å²) in [5, 5.41) is 3.27. The third-order valence-electron chi connectivity index (χ3n) is 4.14. The van der Waals surface area contributed by atoms with Crippen LogP contribution in [0.1, 0.15) is 32.3 Å². The molecule has 5 nitrogen and oxygen atoms in total. The SMILES string of the molecule is CCNC(=NCc1ccc(Br)c(F)c1)N1CCC(C(=O)OCC)CC1. The van der Waals surface area contributed by atoms with Crippen molar-refractivity contribution in [3.8, 4) is 0 Å². The van der Waals surface area contributed by atoms with Crippen LogP contribution in [0.2, 0.25) is 0 Å².